The van der Waals surface area contributed by atoms with Crippen molar-refractivity contribution in [3.05, 3.63) is 67.0 Å². The van der Waals surface area contributed by atoms with Crippen LogP contribution < -0.4 is 5.56 Å². The molecule has 3 rings (SSSR count). The van der Waals surface area contributed by atoms with Gasteiger partial charge < -0.3 is 9.72 Å². The zero-order valence-electron chi connectivity index (χ0n) is 13.6. The maximum atomic E-state index is 12.2. The van der Waals surface area contributed by atoms with E-state index in [4.69, 9.17) is 4.74 Å². The number of aromatic nitrogens is 2. The second kappa shape index (κ2) is 7.33. The lowest BCUT2D eigenvalue weighted by Gasteiger charge is -2.02. The molecule has 5 nitrogen and oxygen atoms in total. The number of hydrogen-bond donors (Lipinski definition) is 1. The number of aromatic amines is 1. The van der Waals surface area contributed by atoms with Crippen LogP contribution in [-0.4, -0.2) is 15.9 Å². The van der Waals surface area contributed by atoms with E-state index in [1.165, 1.54) is 17.4 Å². The summed E-state index contributed by atoms with van der Waals surface area (Å²) < 4.78 is 6.12. The molecule has 1 N–H and O–H groups in total. The summed E-state index contributed by atoms with van der Waals surface area (Å²) in [5.74, 6) is -0.159. The van der Waals surface area contributed by atoms with Crippen LogP contribution in [0.4, 0.5) is 0 Å². The van der Waals surface area contributed by atoms with Crippen LogP contribution in [0.1, 0.15) is 21.8 Å². The molecule has 3 aromatic rings. The number of aryl methyl sites for hydroxylation is 2. The first kappa shape index (κ1) is 17.6. The Morgan fingerprint density at radius 3 is 2.76 bits per heavy atom. The van der Waals surface area contributed by atoms with E-state index in [2.05, 4.69) is 25.9 Å². The molecule has 0 saturated heterocycles. The number of benzene rings is 1. The molecule has 25 heavy (non-hydrogen) atoms. The highest BCUT2D eigenvalue weighted by molar-refractivity contribution is 9.10. The number of carbonyl (C=O) groups excluding carboxylic acids is 1. The first-order chi connectivity index (χ1) is 11.9. The number of esters is 1. The first-order valence-corrected chi connectivity index (χ1v) is 9.14. The number of hydrogen-bond acceptors (Lipinski definition) is 5. The van der Waals surface area contributed by atoms with Crippen molar-refractivity contribution in [1.29, 1.82) is 0 Å². The molecule has 1 aromatic carbocycles. The smallest absolute Gasteiger partial charge is 0.331 e. The van der Waals surface area contributed by atoms with Crippen molar-refractivity contribution in [2.45, 2.75) is 20.5 Å². The van der Waals surface area contributed by atoms with Crippen LogP contribution in [0.5, 0.6) is 0 Å². The van der Waals surface area contributed by atoms with Gasteiger partial charge in [-0.15, -0.1) is 11.3 Å². The molecule has 7 heteroatoms. The molecule has 0 unspecified atom stereocenters. The van der Waals surface area contributed by atoms with E-state index >= 15 is 0 Å². The highest BCUT2D eigenvalue weighted by Gasteiger charge is 2.12. The number of carbonyl (C=O) groups is 1. The third-order valence-corrected chi connectivity index (χ3v) is 5.35. The monoisotopic (exact) mass is 418 g/mol. The number of rotatable bonds is 4. The molecule has 0 spiro atoms. The predicted molar refractivity (Wildman–Crippen MR) is 103 cm³/mol. The molecular weight excluding hydrogens is 404 g/mol. The molecule has 0 aliphatic carbocycles. The number of halogens is 1. The highest BCUT2D eigenvalue weighted by atomic mass is 79.9. The van der Waals surface area contributed by atoms with Crippen molar-refractivity contribution in [1.82, 2.24) is 9.97 Å². The van der Waals surface area contributed by atoms with Crippen molar-refractivity contribution in [2.75, 3.05) is 0 Å². The summed E-state index contributed by atoms with van der Waals surface area (Å²) in [6.45, 7) is 3.77. The van der Waals surface area contributed by atoms with E-state index in [1.807, 2.05) is 38.1 Å². The number of nitrogens with one attached hydrogen (secondary N) is 1. The van der Waals surface area contributed by atoms with E-state index in [0.29, 0.717) is 16.0 Å². The zero-order chi connectivity index (χ0) is 18.0. The minimum atomic E-state index is -0.496. The Hall–Kier alpha value is -2.25. The summed E-state index contributed by atoms with van der Waals surface area (Å²) in [7, 11) is 0. The average molecular weight is 419 g/mol. The summed E-state index contributed by atoms with van der Waals surface area (Å²) in [5.41, 5.74) is 1.62. The molecule has 0 amide bonds. The van der Waals surface area contributed by atoms with E-state index in [9.17, 15) is 9.59 Å². The van der Waals surface area contributed by atoms with Crippen LogP contribution in [0.3, 0.4) is 0 Å². The number of H-pyrrole nitrogens is 1. The third-order valence-electron chi connectivity index (χ3n) is 3.72. The predicted octanol–water partition coefficient (Wildman–Crippen LogP) is 4.12. The quantitative estimate of drug-likeness (QED) is 0.510. The Morgan fingerprint density at radius 1 is 1.32 bits per heavy atom. The summed E-state index contributed by atoms with van der Waals surface area (Å²) in [5, 5.41) is 0.604. The molecule has 0 bridgehead atoms. The zero-order valence-corrected chi connectivity index (χ0v) is 16.0. The lowest BCUT2D eigenvalue weighted by molar-refractivity contribution is -0.139. The second-order valence-electron chi connectivity index (χ2n) is 5.47. The SMILES string of the molecule is Cc1sc2nc(COC(=O)/C=C/c3ccc(Br)cc3)[nH]c(=O)c2c1C. The Morgan fingerprint density at radius 2 is 2.04 bits per heavy atom. The van der Waals surface area contributed by atoms with Crippen LogP contribution in [0.2, 0.25) is 0 Å². The standard InChI is InChI=1S/C18H15BrN2O3S/c1-10-11(2)25-18-16(10)17(23)20-14(21-18)9-24-15(22)8-5-12-3-6-13(19)7-4-12/h3-8H,9H2,1-2H3,(H,20,21,23)/b8-5+. The van der Waals surface area contributed by atoms with Gasteiger partial charge in [-0.25, -0.2) is 9.78 Å². The summed E-state index contributed by atoms with van der Waals surface area (Å²) in [4.78, 5) is 32.8. The van der Waals surface area contributed by atoms with Crippen LogP contribution in [0.25, 0.3) is 16.3 Å². The molecular formula is C18H15BrN2O3S. The summed E-state index contributed by atoms with van der Waals surface area (Å²) in [6, 6.07) is 7.53. The first-order valence-electron chi connectivity index (χ1n) is 7.53. The maximum absolute atomic E-state index is 12.2. The topological polar surface area (TPSA) is 72.0 Å². The van der Waals surface area contributed by atoms with Crippen molar-refractivity contribution in [3.8, 4) is 0 Å². The lowest BCUT2D eigenvalue weighted by atomic mass is 10.2. The van der Waals surface area contributed by atoms with Gasteiger partial charge in [0.15, 0.2) is 0 Å². The van der Waals surface area contributed by atoms with Crippen molar-refractivity contribution >= 4 is 49.5 Å². The van der Waals surface area contributed by atoms with Gasteiger partial charge in [0.25, 0.3) is 5.56 Å². The number of nitrogens with zero attached hydrogens (tertiary/aromatic N) is 1. The number of ether oxygens (including phenoxy) is 1. The van der Waals surface area contributed by atoms with E-state index in [1.54, 1.807) is 6.08 Å². The normalized spacial score (nSPS) is 11.3. The molecule has 0 atom stereocenters. The Bertz CT molecular complexity index is 1020. The van der Waals surface area contributed by atoms with Crippen LogP contribution in [0, 0.1) is 13.8 Å². The maximum Gasteiger partial charge on any atom is 0.331 e. The minimum absolute atomic E-state index is 0.0787. The molecule has 128 valence electrons. The van der Waals surface area contributed by atoms with Gasteiger partial charge in [0.05, 0.1) is 5.39 Å². The second-order valence-corrected chi connectivity index (χ2v) is 7.59. The van der Waals surface area contributed by atoms with Gasteiger partial charge in [0, 0.05) is 15.4 Å². The largest absolute Gasteiger partial charge is 0.454 e. The average Bonchev–Trinajstić information content (AvgIpc) is 2.87. The van der Waals surface area contributed by atoms with Gasteiger partial charge in [-0.3, -0.25) is 4.79 Å². The molecule has 0 fully saturated rings. The Labute approximate surface area is 156 Å². The fourth-order valence-electron chi connectivity index (χ4n) is 2.29. The van der Waals surface area contributed by atoms with Gasteiger partial charge in [-0.05, 0) is 43.2 Å². The molecule has 0 aliphatic rings. The van der Waals surface area contributed by atoms with Crippen molar-refractivity contribution in [2.24, 2.45) is 0 Å². The fraction of sp³-hybridized carbons (Fsp3) is 0.167. The van der Waals surface area contributed by atoms with E-state index in [0.717, 1.165) is 20.5 Å². The lowest BCUT2D eigenvalue weighted by Crippen LogP contribution is -2.13. The number of fused-ring (bicyclic) bond motifs is 1. The van der Waals surface area contributed by atoms with Crippen LogP contribution in [-0.2, 0) is 16.1 Å². The molecule has 0 saturated carbocycles. The molecule has 0 aliphatic heterocycles. The fourth-order valence-corrected chi connectivity index (χ4v) is 3.61. The minimum Gasteiger partial charge on any atom is -0.454 e. The van der Waals surface area contributed by atoms with Crippen molar-refractivity contribution in [3.63, 3.8) is 0 Å². The molecule has 2 heterocycles. The third kappa shape index (κ3) is 4.05. The van der Waals surface area contributed by atoms with E-state index in [-0.39, 0.29) is 12.2 Å². The van der Waals surface area contributed by atoms with Gasteiger partial charge >= 0.3 is 5.97 Å². The summed E-state index contributed by atoms with van der Waals surface area (Å²) >= 11 is 4.81. The van der Waals surface area contributed by atoms with Crippen molar-refractivity contribution < 1.29 is 9.53 Å². The highest BCUT2D eigenvalue weighted by Crippen LogP contribution is 2.25. The van der Waals surface area contributed by atoms with Gasteiger partial charge in [-0.1, -0.05) is 28.1 Å². The Balaban J connectivity index is 1.69. The van der Waals surface area contributed by atoms with Crippen LogP contribution >= 0.6 is 27.3 Å². The summed E-state index contributed by atoms with van der Waals surface area (Å²) in [6.07, 6.45) is 3.01. The van der Waals surface area contributed by atoms with Crippen LogP contribution in [0.15, 0.2) is 39.6 Å². The van der Waals surface area contributed by atoms with Gasteiger partial charge in [0.2, 0.25) is 0 Å². The molecule has 0 radical (unpaired) electrons. The van der Waals surface area contributed by atoms with Gasteiger partial charge in [-0.2, -0.15) is 0 Å². The number of thiophene rings is 1. The van der Waals surface area contributed by atoms with E-state index < -0.39 is 5.97 Å². The Kier molecular flexibility index (Phi) is 5.15. The molecule has 2 aromatic heterocycles. The van der Waals surface area contributed by atoms with Gasteiger partial charge in [0.1, 0.15) is 17.3 Å².